The zero-order valence-electron chi connectivity index (χ0n) is 8.66. The number of aromatic nitrogens is 1. The second-order valence-corrected chi connectivity index (χ2v) is 3.73. The number of oxazole rings is 1. The SMILES string of the molecule is O=C(O)c1ncoc1-c1cc(Cl)cc([N+](=O)[O-])c1. The molecule has 18 heavy (non-hydrogen) atoms. The number of benzene rings is 1. The van der Waals surface area contributed by atoms with Gasteiger partial charge in [-0.15, -0.1) is 0 Å². The molecule has 0 saturated carbocycles. The van der Waals surface area contributed by atoms with Crippen LogP contribution in [0.1, 0.15) is 10.5 Å². The largest absolute Gasteiger partial charge is 0.476 e. The van der Waals surface area contributed by atoms with Crippen LogP contribution in [0.15, 0.2) is 29.0 Å². The van der Waals surface area contributed by atoms with Gasteiger partial charge in [-0.3, -0.25) is 10.1 Å². The second kappa shape index (κ2) is 4.46. The molecule has 0 aliphatic heterocycles. The number of hydrogen-bond donors (Lipinski definition) is 1. The molecule has 2 aromatic rings. The maximum atomic E-state index is 10.9. The van der Waals surface area contributed by atoms with E-state index in [-0.39, 0.29) is 27.7 Å². The Balaban J connectivity index is 2.60. The molecule has 0 aliphatic rings. The molecule has 0 unspecified atom stereocenters. The summed E-state index contributed by atoms with van der Waals surface area (Å²) in [5.41, 5.74) is -0.402. The van der Waals surface area contributed by atoms with E-state index in [0.29, 0.717) is 0 Å². The Labute approximate surface area is 105 Å². The van der Waals surface area contributed by atoms with Gasteiger partial charge in [0.1, 0.15) is 0 Å². The summed E-state index contributed by atoms with van der Waals surface area (Å²) in [5.74, 6) is -1.37. The molecule has 1 N–H and O–H groups in total. The molecule has 0 fully saturated rings. The van der Waals surface area contributed by atoms with E-state index in [1.165, 1.54) is 12.1 Å². The minimum atomic E-state index is -1.29. The van der Waals surface area contributed by atoms with Crippen molar-refractivity contribution < 1.29 is 19.2 Å². The van der Waals surface area contributed by atoms with Gasteiger partial charge in [-0.25, -0.2) is 9.78 Å². The predicted molar refractivity (Wildman–Crippen MR) is 60.6 cm³/mol. The van der Waals surface area contributed by atoms with Crippen LogP contribution in [-0.2, 0) is 0 Å². The molecule has 1 aromatic carbocycles. The smallest absolute Gasteiger partial charge is 0.358 e. The molecule has 0 amide bonds. The van der Waals surface area contributed by atoms with E-state index >= 15 is 0 Å². The van der Waals surface area contributed by atoms with Gasteiger partial charge in [-0.2, -0.15) is 0 Å². The van der Waals surface area contributed by atoms with Crippen LogP contribution in [-0.4, -0.2) is 21.0 Å². The third-order valence-electron chi connectivity index (χ3n) is 2.13. The van der Waals surface area contributed by atoms with Crippen LogP contribution in [0.3, 0.4) is 0 Å². The molecule has 92 valence electrons. The fourth-order valence-corrected chi connectivity index (χ4v) is 1.64. The standard InChI is InChI=1S/C10H5ClN2O5/c11-6-1-5(2-7(3-6)13(16)17)9-8(10(14)15)12-4-18-9/h1-4H,(H,14,15). The fourth-order valence-electron chi connectivity index (χ4n) is 1.41. The summed E-state index contributed by atoms with van der Waals surface area (Å²) in [7, 11) is 0. The number of rotatable bonds is 3. The van der Waals surface area contributed by atoms with E-state index in [1.807, 2.05) is 0 Å². The molecule has 2 rings (SSSR count). The number of nitro benzene ring substituents is 1. The molecule has 1 aromatic heterocycles. The minimum Gasteiger partial charge on any atom is -0.476 e. The Morgan fingerprint density at radius 1 is 1.44 bits per heavy atom. The van der Waals surface area contributed by atoms with Crippen LogP contribution in [0.2, 0.25) is 5.02 Å². The van der Waals surface area contributed by atoms with Crippen LogP contribution in [0.25, 0.3) is 11.3 Å². The summed E-state index contributed by atoms with van der Waals surface area (Å²) in [6.07, 6.45) is 0.950. The molecular formula is C10H5ClN2O5. The van der Waals surface area contributed by atoms with Gasteiger partial charge in [-0.05, 0) is 6.07 Å². The minimum absolute atomic E-state index is 0.0758. The third-order valence-corrected chi connectivity index (χ3v) is 2.34. The van der Waals surface area contributed by atoms with Crippen molar-refractivity contribution in [1.82, 2.24) is 4.98 Å². The highest BCUT2D eigenvalue weighted by Gasteiger charge is 2.20. The molecule has 8 heteroatoms. The van der Waals surface area contributed by atoms with Crippen LogP contribution in [0.5, 0.6) is 0 Å². The van der Waals surface area contributed by atoms with E-state index in [4.69, 9.17) is 21.1 Å². The number of carboxylic acids is 1. The molecular weight excluding hydrogens is 264 g/mol. The topological polar surface area (TPSA) is 106 Å². The normalized spacial score (nSPS) is 10.3. The van der Waals surface area contributed by atoms with Crippen molar-refractivity contribution >= 4 is 23.3 Å². The first-order valence-electron chi connectivity index (χ1n) is 4.61. The Morgan fingerprint density at radius 2 is 2.17 bits per heavy atom. The van der Waals surface area contributed by atoms with Gasteiger partial charge in [0.2, 0.25) is 0 Å². The van der Waals surface area contributed by atoms with Gasteiger partial charge in [-0.1, -0.05) is 11.6 Å². The number of nitro groups is 1. The lowest BCUT2D eigenvalue weighted by atomic mass is 10.1. The maximum absolute atomic E-state index is 10.9. The first kappa shape index (κ1) is 12.1. The van der Waals surface area contributed by atoms with Crippen LogP contribution in [0, 0.1) is 10.1 Å². The van der Waals surface area contributed by atoms with E-state index in [2.05, 4.69) is 4.98 Å². The average Bonchev–Trinajstić information content (AvgIpc) is 2.76. The Kier molecular flexibility index (Phi) is 2.99. The van der Waals surface area contributed by atoms with Crippen molar-refractivity contribution in [3.8, 4) is 11.3 Å². The van der Waals surface area contributed by atoms with Gasteiger partial charge in [0.15, 0.2) is 17.8 Å². The van der Waals surface area contributed by atoms with E-state index in [1.54, 1.807) is 0 Å². The zero-order valence-corrected chi connectivity index (χ0v) is 9.42. The maximum Gasteiger partial charge on any atom is 0.358 e. The lowest BCUT2D eigenvalue weighted by Gasteiger charge is -2.00. The van der Waals surface area contributed by atoms with Gasteiger partial charge in [0, 0.05) is 22.7 Å². The molecule has 0 saturated heterocycles. The first-order chi connectivity index (χ1) is 8.49. The van der Waals surface area contributed by atoms with Crippen molar-refractivity contribution in [2.24, 2.45) is 0 Å². The summed E-state index contributed by atoms with van der Waals surface area (Å²) < 4.78 is 4.93. The van der Waals surface area contributed by atoms with Gasteiger partial charge in [0.25, 0.3) is 5.69 Å². The lowest BCUT2D eigenvalue weighted by Crippen LogP contribution is -1.99. The number of carbonyl (C=O) groups is 1. The average molecular weight is 269 g/mol. The monoisotopic (exact) mass is 268 g/mol. The van der Waals surface area contributed by atoms with Crippen LogP contribution < -0.4 is 0 Å². The van der Waals surface area contributed by atoms with E-state index in [9.17, 15) is 14.9 Å². The fraction of sp³-hybridized carbons (Fsp3) is 0. The molecule has 0 aliphatic carbocycles. The van der Waals surface area contributed by atoms with Crippen molar-refractivity contribution in [2.75, 3.05) is 0 Å². The lowest BCUT2D eigenvalue weighted by molar-refractivity contribution is -0.384. The quantitative estimate of drug-likeness (QED) is 0.677. The summed E-state index contributed by atoms with van der Waals surface area (Å²) in [6, 6.07) is 3.68. The molecule has 0 bridgehead atoms. The molecule has 0 spiro atoms. The molecule has 0 radical (unpaired) electrons. The van der Waals surface area contributed by atoms with Crippen molar-refractivity contribution in [1.29, 1.82) is 0 Å². The van der Waals surface area contributed by atoms with Gasteiger partial charge in [0.05, 0.1) is 4.92 Å². The highest BCUT2D eigenvalue weighted by atomic mass is 35.5. The van der Waals surface area contributed by atoms with E-state index in [0.717, 1.165) is 12.5 Å². The first-order valence-corrected chi connectivity index (χ1v) is 4.99. The summed E-state index contributed by atoms with van der Waals surface area (Å²) in [5, 5.41) is 19.7. The van der Waals surface area contributed by atoms with Crippen molar-refractivity contribution in [2.45, 2.75) is 0 Å². The number of non-ortho nitro benzene ring substituents is 1. The Hall–Kier alpha value is -2.41. The van der Waals surface area contributed by atoms with Crippen molar-refractivity contribution in [3.63, 3.8) is 0 Å². The summed E-state index contributed by atoms with van der Waals surface area (Å²) in [4.78, 5) is 24.4. The zero-order chi connectivity index (χ0) is 13.3. The molecule has 1 heterocycles. The number of aromatic carboxylic acids is 1. The highest BCUT2D eigenvalue weighted by Crippen LogP contribution is 2.30. The number of hydrogen-bond acceptors (Lipinski definition) is 5. The second-order valence-electron chi connectivity index (χ2n) is 3.29. The number of carboxylic acid groups (broad SMARTS) is 1. The predicted octanol–water partition coefficient (Wildman–Crippen LogP) is 2.60. The Bertz CT molecular complexity index is 637. The van der Waals surface area contributed by atoms with E-state index < -0.39 is 10.9 Å². The summed E-state index contributed by atoms with van der Waals surface area (Å²) >= 11 is 5.73. The third kappa shape index (κ3) is 2.16. The van der Waals surface area contributed by atoms with Gasteiger partial charge >= 0.3 is 5.97 Å². The van der Waals surface area contributed by atoms with Crippen LogP contribution >= 0.6 is 11.6 Å². The van der Waals surface area contributed by atoms with Crippen molar-refractivity contribution in [3.05, 3.63) is 45.4 Å². The van der Waals surface area contributed by atoms with Crippen LogP contribution in [0.4, 0.5) is 5.69 Å². The molecule has 7 nitrogen and oxygen atoms in total. The number of nitrogens with zero attached hydrogens (tertiary/aromatic N) is 2. The molecule has 0 atom stereocenters. The number of halogens is 1. The highest BCUT2D eigenvalue weighted by molar-refractivity contribution is 6.31. The van der Waals surface area contributed by atoms with Gasteiger partial charge < -0.3 is 9.52 Å². The Morgan fingerprint density at radius 3 is 2.78 bits per heavy atom. The summed E-state index contributed by atoms with van der Waals surface area (Å²) in [6.45, 7) is 0.